The third-order valence-corrected chi connectivity index (χ3v) is 4.90. The van der Waals surface area contributed by atoms with E-state index in [4.69, 9.17) is 5.73 Å². The zero-order chi connectivity index (χ0) is 24.2. The molecule has 3 rings (SSSR count). The maximum atomic E-state index is 13.5. The lowest BCUT2D eigenvalue weighted by atomic mass is 10.0. The number of nitro groups is 1. The molecule has 1 atom stereocenters. The summed E-state index contributed by atoms with van der Waals surface area (Å²) in [7, 11) is 0. The zero-order valence-corrected chi connectivity index (χ0v) is 17.0. The second-order valence-corrected chi connectivity index (χ2v) is 7.12. The van der Waals surface area contributed by atoms with Crippen molar-refractivity contribution in [1.29, 1.82) is 0 Å². The van der Waals surface area contributed by atoms with Crippen LogP contribution in [-0.4, -0.2) is 21.6 Å². The molecule has 0 aromatic heterocycles. The Morgan fingerprint density at radius 2 is 1.61 bits per heavy atom. The molecule has 0 heterocycles. The van der Waals surface area contributed by atoms with Gasteiger partial charge >= 0.3 is 6.18 Å². The first-order chi connectivity index (χ1) is 15.6. The summed E-state index contributed by atoms with van der Waals surface area (Å²) in [6, 6.07) is 15.9. The number of rotatable bonds is 7. The molecule has 2 amide bonds. The number of hydrogen-bond acceptors (Lipinski definition) is 4. The van der Waals surface area contributed by atoms with Gasteiger partial charge in [-0.3, -0.25) is 19.7 Å². The van der Waals surface area contributed by atoms with Crippen LogP contribution < -0.4 is 5.73 Å². The van der Waals surface area contributed by atoms with Crippen LogP contribution in [0.3, 0.4) is 0 Å². The van der Waals surface area contributed by atoms with Crippen molar-refractivity contribution in [3.05, 3.63) is 111 Å². The van der Waals surface area contributed by atoms with E-state index in [1.54, 1.807) is 18.2 Å². The van der Waals surface area contributed by atoms with E-state index in [9.17, 15) is 32.9 Å². The van der Waals surface area contributed by atoms with Crippen molar-refractivity contribution in [2.24, 2.45) is 5.73 Å². The lowest BCUT2D eigenvalue weighted by Gasteiger charge is -2.30. The first-order valence-corrected chi connectivity index (χ1v) is 9.64. The van der Waals surface area contributed by atoms with E-state index in [1.807, 2.05) is 0 Å². The molecule has 0 radical (unpaired) electrons. The van der Waals surface area contributed by atoms with Crippen molar-refractivity contribution in [2.45, 2.75) is 18.8 Å². The van der Waals surface area contributed by atoms with E-state index in [0.717, 1.165) is 23.1 Å². The van der Waals surface area contributed by atoms with Gasteiger partial charge in [-0.15, -0.1) is 0 Å². The van der Waals surface area contributed by atoms with Crippen molar-refractivity contribution in [2.75, 3.05) is 0 Å². The van der Waals surface area contributed by atoms with Crippen LogP contribution in [0.2, 0.25) is 0 Å². The molecule has 0 saturated carbocycles. The number of benzene rings is 3. The number of carbonyl (C=O) groups excluding carboxylic acids is 2. The molecule has 0 bridgehead atoms. The smallest absolute Gasteiger partial charge is 0.368 e. The first kappa shape index (κ1) is 23.5. The number of para-hydroxylation sites is 1. The predicted molar refractivity (Wildman–Crippen MR) is 113 cm³/mol. The average molecular weight is 457 g/mol. The molecule has 0 saturated heterocycles. The van der Waals surface area contributed by atoms with Gasteiger partial charge in [0.05, 0.1) is 10.5 Å². The SMILES string of the molecule is NC(=O)[C@@H](c1ccccc1)N(Cc1cccc(C(F)(F)F)c1)C(=O)c1ccccc1[N+](=O)[O-]. The highest BCUT2D eigenvalue weighted by molar-refractivity contribution is 6.00. The third kappa shape index (κ3) is 5.35. The summed E-state index contributed by atoms with van der Waals surface area (Å²) < 4.78 is 39.6. The van der Waals surface area contributed by atoms with Gasteiger partial charge in [0, 0.05) is 12.6 Å². The van der Waals surface area contributed by atoms with E-state index < -0.39 is 46.8 Å². The highest BCUT2D eigenvalue weighted by Gasteiger charge is 2.35. The molecule has 0 unspecified atom stereocenters. The van der Waals surface area contributed by atoms with Crippen molar-refractivity contribution in [1.82, 2.24) is 4.90 Å². The van der Waals surface area contributed by atoms with Gasteiger partial charge in [-0.05, 0) is 29.3 Å². The number of carbonyl (C=O) groups is 2. The molecule has 10 heteroatoms. The van der Waals surface area contributed by atoms with Gasteiger partial charge in [0.2, 0.25) is 5.91 Å². The quantitative estimate of drug-likeness (QED) is 0.417. The fourth-order valence-corrected chi connectivity index (χ4v) is 3.42. The monoisotopic (exact) mass is 457 g/mol. The van der Waals surface area contributed by atoms with Crippen LogP contribution in [0, 0.1) is 10.1 Å². The van der Waals surface area contributed by atoms with E-state index >= 15 is 0 Å². The Bertz CT molecular complexity index is 1180. The molecule has 0 spiro atoms. The van der Waals surface area contributed by atoms with E-state index in [0.29, 0.717) is 5.56 Å². The predicted octanol–water partition coefficient (Wildman–Crippen LogP) is 4.48. The van der Waals surface area contributed by atoms with Crippen LogP contribution in [0.25, 0.3) is 0 Å². The Labute approximate surface area is 186 Å². The van der Waals surface area contributed by atoms with Gasteiger partial charge in [0.25, 0.3) is 11.6 Å². The number of alkyl halides is 3. The highest BCUT2D eigenvalue weighted by Crippen LogP contribution is 2.32. The molecule has 7 nitrogen and oxygen atoms in total. The van der Waals surface area contributed by atoms with Crippen LogP contribution in [-0.2, 0) is 17.5 Å². The number of primary amides is 1. The fraction of sp³-hybridized carbons (Fsp3) is 0.130. The van der Waals surface area contributed by atoms with Crippen molar-refractivity contribution in [3.8, 4) is 0 Å². The van der Waals surface area contributed by atoms with Crippen LogP contribution in [0.15, 0.2) is 78.9 Å². The lowest BCUT2D eigenvalue weighted by Crippen LogP contribution is -2.41. The largest absolute Gasteiger partial charge is 0.416 e. The summed E-state index contributed by atoms with van der Waals surface area (Å²) in [4.78, 5) is 37.5. The van der Waals surface area contributed by atoms with Gasteiger partial charge < -0.3 is 10.6 Å². The Kier molecular flexibility index (Phi) is 6.76. The summed E-state index contributed by atoms with van der Waals surface area (Å²) in [5, 5.41) is 11.5. The molecule has 170 valence electrons. The number of hydrogen-bond donors (Lipinski definition) is 1. The summed E-state index contributed by atoms with van der Waals surface area (Å²) >= 11 is 0. The summed E-state index contributed by atoms with van der Waals surface area (Å²) in [6.45, 7) is -0.447. The molecule has 33 heavy (non-hydrogen) atoms. The average Bonchev–Trinajstić information content (AvgIpc) is 2.78. The van der Waals surface area contributed by atoms with Crippen LogP contribution in [0.1, 0.15) is 33.1 Å². The Morgan fingerprint density at radius 1 is 0.970 bits per heavy atom. The van der Waals surface area contributed by atoms with Gasteiger partial charge in [-0.25, -0.2) is 0 Å². The standard InChI is InChI=1S/C23H18F3N3O4/c24-23(25,26)17-10-6-7-15(13-17)14-28(20(21(27)30)16-8-2-1-3-9-16)22(31)18-11-4-5-12-19(18)29(32)33/h1-13,20H,14H2,(H2,27,30)/t20-/m1/s1. The Hall–Kier alpha value is -4.21. The van der Waals surface area contributed by atoms with E-state index in [2.05, 4.69) is 0 Å². The number of nitrogens with zero attached hydrogens (tertiary/aromatic N) is 2. The zero-order valence-electron chi connectivity index (χ0n) is 17.0. The van der Waals surface area contributed by atoms with Gasteiger partial charge in [-0.2, -0.15) is 13.2 Å². The van der Waals surface area contributed by atoms with Crippen molar-refractivity contribution >= 4 is 17.5 Å². The van der Waals surface area contributed by atoms with Crippen molar-refractivity contribution in [3.63, 3.8) is 0 Å². The molecular weight excluding hydrogens is 439 g/mol. The Balaban J connectivity index is 2.14. The van der Waals surface area contributed by atoms with Gasteiger partial charge in [0.15, 0.2) is 0 Å². The minimum atomic E-state index is -4.62. The summed E-state index contributed by atoms with van der Waals surface area (Å²) in [6.07, 6.45) is -4.62. The summed E-state index contributed by atoms with van der Waals surface area (Å²) in [5.41, 5.74) is 4.20. The molecule has 0 aliphatic rings. The molecule has 0 fully saturated rings. The van der Waals surface area contributed by atoms with Crippen LogP contribution >= 0.6 is 0 Å². The number of halogens is 3. The topological polar surface area (TPSA) is 107 Å². The molecular formula is C23H18F3N3O4. The van der Waals surface area contributed by atoms with Gasteiger partial charge in [0.1, 0.15) is 11.6 Å². The van der Waals surface area contributed by atoms with E-state index in [1.165, 1.54) is 42.5 Å². The maximum Gasteiger partial charge on any atom is 0.416 e. The third-order valence-electron chi connectivity index (χ3n) is 4.90. The second kappa shape index (κ2) is 9.51. The second-order valence-electron chi connectivity index (χ2n) is 7.12. The summed E-state index contributed by atoms with van der Waals surface area (Å²) in [5.74, 6) is -1.87. The van der Waals surface area contributed by atoms with Crippen LogP contribution in [0.5, 0.6) is 0 Å². The highest BCUT2D eigenvalue weighted by atomic mass is 19.4. The van der Waals surface area contributed by atoms with Crippen molar-refractivity contribution < 1.29 is 27.7 Å². The minimum absolute atomic E-state index is 0.0685. The Morgan fingerprint density at radius 3 is 2.21 bits per heavy atom. The van der Waals surface area contributed by atoms with Gasteiger partial charge in [-0.1, -0.05) is 54.6 Å². The number of nitrogens with two attached hydrogens (primary N) is 1. The minimum Gasteiger partial charge on any atom is -0.368 e. The number of amides is 2. The maximum absolute atomic E-state index is 13.5. The number of nitro benzene ring substituents is 1. The fourth-order valence-electron chi connectivity index (χ4n) is 3.42. The first-order valence-electron chi connectivity index (χ1n) is 9.64. The normalized spacial score (nSPS) is 12.1. The van der Waals surface area contributed by atoms with Crippen LogP contribution in [0.4, 0.5) is 18.9 Å². The van der Waals surface area contributed by atoms with E-state index in [-0.39, 0.29) is 11.1 Å². The molecule has 3 aromatic carbocycles. The molecule has 0 aliphatic carbocycles. The molecule has 2 N–H and O–H groups in total. The molecule has 0 aliphatic heterocycles. The molecule has 3 aromatic rings. The lowest BCUT2D eigenvalue weighted by molar-refractivity contribution is -0.385.